The van der Waals surface area contributed by atoms with Gasteiger partial charge in [-0.3, -0.25) is 0 Å². The predicted octanol–water partition coefficient (Wildman–Crippen LogP) is 3.23. The average Bonchev–Trinajstić information content (AvgIpc) is 3.16. The van der Waals surface area contributed by atoms with Gasteiger partial charge in [0.2, 0.25) is 5.92 Å². The molecule has 172 valence electrons. The minimum Gasteiger partial charge on any atom is -0.593 e. The van der Waals surface area contributed by atoms with Crippen molar-refractivity contribution in [2.45, 2.75) is 89.1 Å². The van der Waals surface area contributed by atoms with Gasteiger partial charge in [-0.1, -0.05) is 6.92 Å². The van der Waals surface area contributed by atoms with Crippen molar-refractivity contribution in [1.29, 1.82) is 0 Å². The second-order valence-corrected chi connectivity index (χ2v) is 11.0. The van der Waals surface area contributed by atoms with Crippen LogP contribution in [0.1, 0.15) is 58.8 Å². The van der Waals surface area contributed by atoms with Crippen molar-refractivity contribution in [2.75, 3.05) is 13.1 Å². The molecule has 30 heavy (non-hydrogen) atoms. The molecule has 3 heterocycles. The van der Waals surface area contributed by atoms with Crippen LogP contribution in [0.5, 0.6) is 0 Å². The van der Waals surface area contributed by atoms with Crippen molar-refractivity contribution < 1.29 is 17.7 Å². The van der Waals surface area contributed by atoms with Crippen LogP contribution < -0.4 is 15.5 Å². The average molecular weight is 449 g/mol. The van der Waals surface area contributed by atoms with E-state index in [2.05, 4.69) is 27.4 Å². The first-order chi connectivity index (χ1) is 14.2. The Morgan fingerprint density at radius 1 is 1.23 bits per heavy atom. The first-order valence-electron chi connectivity index (χ1n) is 11.4. The quantitative estimate of drug-likeness (QED) is 0.564. The van der Waals surface area contributed by atoms with E-state index in [1.807, 2.05) is 0 Å². The van der Waals surface area contributed by atoms with Crippen LogP contribution in [0, 0.1) is 17.8 Å². The number of halogens is 3. The molecule has 3 aliphatic heterocycles. The molecule has 3 saturated heterocycles. The number of alkyl halides is 3. The highest BCUT2D eigenvalue weighted by Gasteiger charge is 2.46. The molecule has 4 aliphatic rings. The number of hydrogen-bond acceptors (Lipinski definition) is 5. The van der Waals surface area contributed by atoms with Gasteiger partial charge in [0, 0.05) is 31.0 Å². The fourth-order valence-electron chi connectivity index (χ4n) is 5.57. The van der Waals surface area contributed by atoms with E-state index in [4.69, 9.17) is 0 Å². The summed E-state index contributed by atoms with van der Waals surface area (Å²) in [5, 5.41) is 5.41. The summed E-state index contributed by atoms with van der Waals surface area (Å²) in [6, 6.07) is 0.558. The fraction of sp³-hybridized carbons (Fsp3) is 0.905. The Labute approximate surface area is 180 Å². The Hall–Kier alpha value is -0.320. The van der Waals surface area contributed by atoms with Crippen molar-refractivity contribution in [3.05, 3.63) is 11.0 Å². The zero-order valence-corrected chi connectivity index (χ0v) is 18.7. The van der Waals surface area contributed by atoms with Gasteiger partial charge in [0.1, 0.15) is 17.2 Å². The van der Waals surface area contributed by atoms with Gasteiger partial charge >= 0.3 is 0 Å². The molecule has 0 amide bonds. The molecule has 3 N–H and O–H groups in total. The van der Waals surface area contributed by atoms with Crippen LogP contribution in [0.2, 0.25) is 0 Å². The fourth-order valence-corrected chi connectivity index (χ4v) is 6.75. The summed E-state index contributed by atoms with van der Waals surface area (Å²) in [7, 11) is 0. The normalized spacial score (nSPS) is 41.9. The third kappa shape index (κ3) is 5.02. The molecule has 4 rings (SSSR count). The van der Waals surface area contributed by atoms with Crippen molar-refractivity contribution in [1.82, 2.24) is 20.5 Å². The molecule has 0 aromatic heterocycles. The summed E-state index contributed by atoms with van der Waals surface area (Å²) in [5.74, 6) is -2.58. The number of fused-ring (bicyclic) bond motifs is 1. The Bertz CT molecular complexity index is 634. The van der Waals surface area contributed by atoms with E-state index in [-0.39, 0.29) is 24.5 Å². The molecule has 7 unspecified atom stereocenters. The van der Waals surface area contributed by atoms with Gasteiger partial charge in [-0.05, 0) is 69.9 Å². The number of hydrogen-bond donors (Lipinski definition) is 3. The number of piperidine rings is 2. The minimum atomic E-state index is -2.69. The van der Waals surface area contributed by atoms with Crippen LogP contribution >= 0.6 is 0 Å². The number of nitrogens with one attached hydrogen (secondary N) is 3. The highest BCUT2D eigenvalue weighted by atomic mass is 32.2. The van der Waals surface area contributed by atoms with E-state index >= 15 is 0 Å². The molecule has 0 bridgehead atoms. The number of rotatable bonds is 5. The summed E-state index contributed by atoms with van der Waals surface area (Å²) in [6.07, 6.45) is 5.45. The van der Waals surface area contributed by atoms with Gasteiger partial charge in [-0.15, -0.1) is 4.72 Å². The molecule has 0 saturated carbocycles. The van der Waals surface area contributed by atoms with Gasteiger partial charge in [0.05, 0.1) is 11.4 Å². The molecule has 0 aromatic carbocycles. The van der Waals surface area contributed by atoms with Crippen LogP contribution in [0.4, 0.5) is 13.2 Å². The summed E-state index contributed by atoms with van der Waals surface area (Å²) in [4.78, 5) is 0.734. The lowest BCUT2D eigenvalue weighted by Crippen LogP contribution is -2.59. The molecule has 5 nitrogen and oxygen atoms in total. The van der Waals surface area contributed by atoms with E-state index in [0.717, 1.165) is 37.6 Å². The maximum atomic E-state index is 13.9. The second-order valence-electron chi connectivity index (χ2n) is 9.75. The summed E-state index contributed by atoms with van der Waals surface area (Å²) in [5.41, 5.74) is 3.61. The number of nitrogens with zero attached hydrogens (tertiary/aromatic N) is 1. The maximum Gasteiger partial charge on any atom is 0.248 e. The topological polar surface area (TPSA) is 62.4 Å². The lowest BCUT2D eigenvalue weighted by atomic mass is 9.84. The van der Waals surface area contributed by atoms with Gasteiger partial charge < -0.3 is 9.87 Å². The van der Waals surface area contributed by atoms with Crippen molar-refractivity contribution in [3.63, 3.8) is 0 Å². The van der Waals surface area contributed by atoms with Crippen molar-refractivity contribution in [2.24, 2.45) is 17.8 Å². The summed E-state index contributed by atoms with van der Waals surface area (Å²) >= 11 is -1.38. The van der Waals surface area contributed by atoms with Crippen LogP contribution in [0.3, 0.4) is 0 Å². The zero-order valence-electron chi connectivity index (χ0n) is 17.9. The van der Waals surface area contributed by atoms with Crippen LogP contribution in [-0.2, 0) is 11.4 Å². The van der Waals surface area contributed by atoms with E-state index in [1.54, 1.807) is 6.08 Å². The van der Waals surface area contributed by atoms with Gasteiger partial charge in [-0.2, -0.15) is 0 Å². The van der Waals surface area contributed by atoms with Crippen molar-refractivity contribution >= 4 is 11.4 Å². The predicted molar refractivity (Wildman–Crippen MR) is 113 cm³/mol. The van der Waals surface area contributed by atoms with Crippen LogP contribution in [0.15, 0.2) is 11.0 Å². The molecule has 9 heteroatoms. The molecule has 8 atom stereocenters. The monoisotopic (exact) mass is 448 g/mol. The number of hydrazine groups is 1. The molecule has 0 spiro atoms. The Balaban J connectivity index is 1.37. The highest BCUT2D eigenvalue weighted by Crippen LogP contribution is 2.38. The van der Waals surface area contributed by atoms with E-state index in [0.29, 0.717) is 37.8 Å². The lowest BCUT2D eigenvalue weighted by molar-refractivity contribution is -0.0428. The van der Waals surface area contributed by atoms with Gasteiger partial charge in [0.15, 0.2) is 0 Å². The van der Waals surface area contributed by atoms with Crippen LogP contribution in [0.25, 0.3) is 0 Å². The second kappa shape index (κ2) is 9.27. The minimum absolute atomic E-state index is 0.0685. The lowest BCUT2D eigenvalue weighted by Gasteiger charge is -2.41. The SMILES string of the molecule is CC1CCC(N[S+]([O-])C2=CC[C@H](C(C)(F)F)CC2)N2NC(C3CNCC(F)C3)CC12. The Morgan fingerprint density at radius 2 is 2.03 bits per heavy atom. The third-order valence-electron chi connectivity index (χ3n) is 7.52. The molecule has 1 aliphatic carbocycles. The van der Waals surface area contributed by atoms with E-state index in [1.165, 1.54) is 0 Å². The molecule has 0 aromatic rings. The first kappa shape index (κ1) is 22.9. The van der Waals surface area contributed by atoms with Gasteiger partial charge in [-0.25, -0.2) is 23.6 Å². The first-order valence-corrected chi connectivity index (χ1v) is 12.5. The summed E-state index contributed by atoms with van der Waals surface area (Å²) < 4.78 is 57.2. The maximum absolute atomic E-state index is 13.9. The Kier molecular flexibility index (Phi) is 7.07. The highest BCUT2D eigenvalue weighted by molar-refractivity contribution is 7.93. The number of allylic oxidation sites excluding steroid dienone is 2. The largest absolute Gasteiger partial charge is 0.593 e. The molecular weight excluding hydrogens is 413 g/mol. The van der Waals surface area contributed by atoms with Crippen LogP contribution in [-0.4, -0.2) is 53.0 Å². The molecular formula is C21H35F3N4OS. The van der Waals surface area contributed by atoms with E-state index < -0.39 is 29.4 Å². The smallest absolute Gasteiger partial charge is 0.248 e. The standard InChI is InChI=1S/C21H35F3N4OS/c1-13-3-8-20(27-30(29)17-6-4-15(5-7-17)21(2,23)24)28-19(13)10-18(26-28)14-9-16(22)12-25-11-14/h6,13-16,18-20,25-27H,3-5,7-12H2,1-2H3/t13?,14?,15-,16?,18?,19?,20?,30?/m0/s1. The third-order valence-corrected chi connectivity index (χ3v) is 8.86. The zero-order chi connectivity index (χ0) is 21.5. The van der Waals surface area contributed by atoms with E-state index in [9.17, 15) is 17.7 Å². The van der Waals surface area contributed by atoms with Gasteiger partial charge in [0.25, 0.3) is 0 Å². The summed E-state index contributed by atoms with van der Waals surface area (Å²) in [6.45, 7) is 4.49. The van der Waals surface area contributed by atoms with Crippen molar-refractivity contribution in [3.8, 4) is 0 Å². The Morgan fingerprint density at radius 3 is 2.70 bits per heavy atom. The molecule has 3 fully saturated rings. The molecule has 0 radical (unpaired) electrons.